The number of carbonyl (C=O) groups is 1. The summed E-state index contributed by atoms with van der Waals surface area (Å²) < 4.78 is 0. The zero-order chi connectivity index (χ0) is 12.6. The standard InChI is InChI=1S/C14H20N2O/c1-5-8-15-12-11-7-6-9(2)10(3)13(11)16(4)14(12)17/h6-7,12,15H,5,8H2,1-4H3. The summed E-state index contributed by atoms with van der Waals surface area (Å²) in [6.07, 6.45) is 1.04. The molecular weight excluding hydrogens is 212 g/mol. The van der Waals surface area contributed by atoms with Gasteiger partial charge in [-0.05, 0) is 37.9 Å². The summed E-state index contributed by atoms with van der Waals surface area (Å²) >= 11 is 0. The fourth-order valence-electron chi connectivity index (χ4n) is 2.42. The number of nitrogens with one attached hydrogen (secondary N) is 1. The third kappa shape index (κ3) is 1.84. The van der Waals surface area contributed by atoms with Gasteiger partial charge in [0.25, 0.3) is 0 Å². The van der Waals surface area contributed by atoms with E-state index in [1.54, 1.807) is 4.90 Å². The average molecular weight is 232 g/mol. The van der Waals surface area contributed by atoms with E-state index in [1.807, 2.05) is 7.05 Å². The average Bonchev–Trinajstić information content (AvgIpc) is 2.55. The summed E-state index contributed by atoms with van der Waals surface area (Å²) in [5, 5.41) is 3.32. The van der Waals surface area contributed by atoms with Crippen LogP contribution in [-0.2, 0) is 4.79 Å². The second kappa shape index (κ2) is 4.49. The largest absolute Gasteiger partial charge is 0.313 e. The Kier molecular flexibility index (Phi) is 3.20. The molecule has 0 spiro atoms. The van der Waals surface area contributed by atoms with Crippen LogP contribution in [0.3, 0.4) is 0 Å². The Balaban J connectivity index is 2.44. The maximum atomic E-state index is 12.2. The zero-order valence-electron chi connectivity index (χ0n) is 11.0. The van der Waals surface area contributed by atoms with Crippen molar-refractivity contribution in [2.24, 2.45) is 0 Å². The topological polar surface area (TPSA) is 32.3 Å². The van der Waals surface area contributed by atoms with Crippen LogP contribution < -0.4 is 10.2 Å². The Morgan fingerprint density at radius 3 is 2.71 bits per heavy atom. The predicted octanol–water partition coefficient (Wildman–Crippen LogP) is 2.32. The summed E-state index contributed by atoms with van der Waals surface area (Å²) in [7, 11) is 1.86. The molecule has 1 aromatic rings. The van der Waals surface area contributed by atoms with Gasteiger partial charge in [0.05, 0.1) is 5.69 Å². The molecule has 17 heavy (non-hydrogen) atoms. The van der Waals surface area contributed by atoms with E-state index in [-0.39, 0.29) is 11.9 Å². The third-order valence-electron chi connectivity index (χ3n) is 3.56. The molecule has 1 aliphatic heterocycles. The van der Waals surface area contributed by atoms with Gasteiger partial charge in [0, 0.05) is 12.6 Å². The zero-order valence-corrected chi connectivity index (χ0v) is 11.0. The highest BCUT2D eigenvalue weighted by Gasteiger charge is 2.35. The molecule has 1 amide bonds. The Morgan fingerprint density at radius 1 is 1.35 bits per heavy atom. The first-order valence-electron chi connectivity index (χ1n) is 6.19. The Labute approximate surface area is 103 Å². The van der Waals surface area contributed by atoms with Gasteiger partial charge in [-0.3, -0.25) is 4.79 Å². The number of carbonyl (C=O) groups excluding carboxylic acids is 1. The first-order valence-corrected chi connectivity index (χ1v) is 6.19. The highest BCUT2D eigenvalue weighted by atomic mass is 16.2. The molecule has 0 bridgehead atoms. The van der Waals surface area contributed by atoms with E-state index in [0.717, 1.165) is 24.2 Å². The predicted molar refractivity (Wildman–Crippen MR) is 70.4 cm³/mol. The fourth-order valence-corrected chi connectivity index (χ4v) is 2.42. The first kappa shape index (κ1) is 12.1. The molecule has 3 heteroatoms. The number of amides is 1. The minimum atomic E-state index is -0.158. The van der Waals surface area contributed by atoms with E-state index in [2.05, 4.69) is 38.2 Å². The molecule has 1 heterocycles. The van der Waals surface area contributed by atoms with Crippen molar-refractivity contribution in [3.05, 3.63) is 28.8 Å². The van der Waals surface area contributed by atoms with Crippen molar-refractivity contribution >= 4 is 11.6 Å². The molecule has 0 saturated carbocycles. The number of hydrogen-bond donors (Lipinski definition) is 1. The van der Waals surface area contributed by atoms with Crippen LogP contribution in [0.25, 0.3) is 0 Å². The summed E-state index contributed by atoms with van der Waals surface area (Å²) in [5.41, 5.74) is 4.65. The van der Waals surface area contributed by atoms with Gasteiger partial charge >= 0.3 is 0 Å². The van der Waals surface area contributed by atoms with E-state index >= 15 is 0 Å². The van der Waals surface area contributed by atoms with Crippen LogP contribution in [0.2, 0.25) is 0 Å². The number of aryl methyl sites for hydroxylation is 1. The normalized spacial score (nSPS) is 18.7. The number of anilines is 1. The number of benzene rings is 1. The van der Waals surface area contributed by atoms with Crippen LogP contribution in [0.1, 0.15) is 36.1 Å². The second-order valence-corrected chi connectivity index (χ2v) is 4.73. The van der Waals surface area contributed by atoms with Crippen LogP contribution in [0.15, 0.2) is 12.1 Å². The fraction of sp³-hybridized carbons (Fsp3) is 0.500. The lowest BCUT2D eigenvalue weighted by Crippen LogP contribution is -2.32. The molecule has 1 N–H and O–H groups in total. The van der Waals surface area contributed by atoms with Crippen LogP contribution in [0.4, 0.5) is 5.69 Å². The SMILES string of the molecule is CCCNC1C(=O)N(C)c2c1ccc(C)c2C. The van der Waals surface area contributed by atoms with Crippen molar-refractivity contribution in [2.75, 3.05) is 18.5 Å². The molecule has 1 aromatic carbocycles. The van der Waals surface area contributed by atoms with Crippen LogP contribution in [0, 0.1) is 13.8 Å². The van der Waals surface area contributed by atoms with Crippen LogP contribution >= 0.6 is 0 Å². The second-order valence-electron chi connectivity index (χ2n) is 4.73. The van der Waals surface area contributed by atoms with Crippen LogP contribution in [0.5, 0.6) is 0 Å². The molecule has 2 rings (SSSR count). The number of hydrogen-bond acceptors (Lipinski definition) is 2. The molecule has 0 aromatic heterocycles. The Morgan fingerprint density at radius 2 is 2.06 bits per heavy atom. The highest BCUT2D eigenvalue weighted by Crippen LogP contribution is 2.38. The Bertz CT molecular complexity index is 454. The van der Waals surface area contributed by atoms with Gasteiger partial charge in [0.1, 0.15) is 6.04 Å². The number of fused-ring (bicyclic) bond motifs is 1. The maximum Gasteiger partial charge on any atom is 0.248 e. The lowest BCUT2D eigenvalue weighted by molar-refractivity contribution is -0.119. The molecule has 0 radical (unpaired) electrons. The molecule has 1 unspecified atom stereocenters. The van der Waals surface area contributed by atoms with Gasteiger partial charge in [-0.1, -0.05) is 19.1 Å². The highest BCUT2D eigenvalue weighted by molar-refractivity contribution is 6.05. The third-order valence-corrected chi connectivity index (χ3v) is 3.56. The van der Waals surface area contributed by atoms with Crippen LogP contribution in [-0.4, -0.2) is 19.5 Å². The van der Waals surface area contributed by atoms with Gasteiger partial charge in [-0.25, -0.2) is 0 Å². The van der Waals surface area contributed by atoms with Crippen molar-refractivity contribution in [3.8, 4) is 0 Å². The molecular formula is C14H20N2O. The molecule has 1 atom stereocenters. The van der Waals surface area contributed by atoms with Gasteiger partial charge < -0.3 is 10.2 Å². The van der Waals surface area contributed by atoms with Crippen molar-refractivity contribution in [1.29, 1.82) is 0 Å². The van der Waals surface area contributed by atoms with Crippen molar-refractivity contribution < 1.29 is 4.79 Å². The Hall–Kier alpha value is -1.35. The summed E-state index contributed by atoms with van der Waals surface area (Å²) in [6.45, 7) is 7.15. The van der Waals surface area contributed by atoms with E-state index in [4.69, 9.17) is 0 Å². The molecule has 0 fully saturated rings. The first-order chi connectivity index (χ1) is 8.07. The summed E-state index contributed by atoms with van der Waals surface area (Å²) in [6, 6.07) is 4.02. The molecule has 0 aliphatic carbocycles. The lowest BCUT2D eigenvalue weighted by atomic mass is 10.0. The maximum absolute atomic E-state index is 12.2. The number of rotatable bonds is 3. The smallest absolute Gasteiger partial charge is 0.248 e. The van der Waals surface area contributed by atoms with E-state index in [1.165, 1.54) is 11.1 Å². The van der Waals surface area contributed by atoms with Crippen molar-refractivity contribution in [2.45, 2.75) is 33.2 Å². The van der Waals surface area contributed by atoms with Gasteiger partial charge in [0.15, 0.2) is 0 Å². The van der Waals surface area contributed by atoms with E-state index in [0.29, 0.717) is 0 Å². The molecule has 1 aliphatic rings. The van der Waals surface area contributed by atoms with Gasteiger partial charge in [-0.2, -0.15) is 0 Å². The molecule has 3 nitrogen and oxygen atoms in total. The van der Waals surface area contributed by atoms with Gasteiger partial charge in [-0.15, -0.1) is 0 Å². The van der Waals surface area contributed by atoms with E-state index in [9.17, 15) is 4.79 Å². The number of likely N-dealkylation sites (N-methyl/N-ethyl adjacent to an activating group) is 1. The van der Waals surface area contributed by atoms with E-state index < -0.39 is 0 Å². The molecule has 92 valence electrons. The molecule has 0 saturated heterocycles. The van der Waals surface area contributed by atoms with Crippen molar-refractivity contribution in [1.82, 2.24) is 5.32 Å². The van der Waals surface area contributed by atoms with Gasteiger partial charge in [0.2, 0.25) is 5.91 Å². The quantitative estimate of drug-likeness (QED) is 0.867. The lowest BCUT2D eigenvalue weighted by Gasteiger charge is -2.14. The monoisotopic (exact) mass is 232 g/mol. The summed E-state index contributed by atoms with van der Waals surface area (Å²) in [5.74, 6) is 0.155. The minimum absolute atomic E-state index is 0.155. The number of nitrogens with zero attached hydrogens (tertiary/aromatic N) is 1. The van der Waals surface area contributed by atoms with Crippen molar-refractivity contribution in [3.63, 3.8) is 0 Å². The minimum Gasteiger partial charge on any atom is -0.313 e. The summed E-state index contributed by atoms with van der Waals surface area (Å²) in [4.78, 5) is 14.0.